The van der Waals surface area contributed by atoms with Crippen LogP contribution in [0.3, 0.4) is 0 Å². The van der Waals surface area contributed by atoms with Gasteiger partial charge in [-0.2, -0.15) is 4.98 Å². The predicted molar refractivity (Wildman–Crippen MR) is 79.1 cm³/mol. The number of nitrogens with one attached hydrogen (secondary N) is 1. The number of ether oxygens (including phenoxy) is 1. The van der Waals surface area contributed by atoms with Crippen molar-refractivity contribution in [3.63, 3.8) is 0 Å². The van der Waals surface area contributed by atoms with Crippen LogP contribution in [0, 0.1) is 0 Å². The fourth-order valence-corrected chi connectivity index (χ4v) is 3.24. The monoisotopic (exact) mass is 276 g/mol. The van der Waals surface area contributed by atoms with Crippen molar-refractivity contribution in [1.29, 1.82) is 0 Å². The Hall–Kier alpha value is -1.36. The van der Waals surface area contributed by atoms with Gasteiger partial charge in [0, 0.05) is 30.9 Å². The quantitative estimate of drug-likeness (QED) is 0.894. The summed E-state index contributed by atoms with van der Waals surface area (Å²) in [6.07, 6.45) is 7.86. The highest BCUT2D eigenvalue weighted by Crippen LogP contribution is 2.28. The molecule has 2 saturated heterocycles. The van der Waals surface area contributed by atoms with Crippen molar-refractivity contribution in [2.45, 2.75) is 51.1 Å². The van der Waals surface area contributed by atoms with E-state index in [1.807, 2.05) is 6.07 Å². The lowest BCUT2D eigenvalue weighted by atomic mass is 9.98. The van der Waals surface area contributed by atoms with E-state index in [1.54, 1.807) is 6.20 Å². The molecule has 20 heavy (non-hydrogen) atoms. The number of nitrogens with zero attached hydrogens (tertiary/aromatic N) is 3. The third kappa shape index (κ3) is 3.20. The van der Waals surface area contributed by atoms with E-state index in [9.17, 15) is 0 Å². The van der Waals surface area contributed by atoms with Gasteiger partial charge in [-0.15, -0.1) is 0 Å². The molecule has 2 unspecified atom stereocenters. The van der Waals surface area contributed by atoms with E-state index in [0.717, 1.165) is 12.5 Å². The first-order valence-corrected chi connectivity index (χ1v) is 7.81. The van der Waals surface area contributed by atoms with Gasteiger partial charge in [0.25, 0.3) is 0 Å². The number of hydrogen-bond acceptors (Lipinski definition) is 5. The Labute approximate surface area is 120 Å². The summed E-state index contributed by atoms with van der Waals surface area (Å²) in [6, 6.07) is 3.08. The molecule has 0 radical (unpaired) electrons. The number of aromatic nitrogens is 2. The second-order valence-corrected chi connectivity index (χ2v) is 5.76. The topological polar surface area (TPSA) is 50.3 Å². The van der Waals surface area contributed by atoms with Crippen molar-refractivity contribution < 1.29 is 4.74 Å². The average molecular weight is 276 g/mol. The van der Waals surface area contributed by atoms with Crippen molar-refractivity contribution in [1.82, 2.24) is 14.9 Å². The number of fused-ring (bicyclic) bond motifs is 1. The summed E-state index contributed by atoms with van der Waals surface area (Å²) in [5.41, 5.74) is 0. The van der Waals surface area contributed by atoms with Crippen LogP contribution in [0.4, 0.5) is 5.95 Å². The molecular weight excluding hydrogens is 252 g/mol. The van der Waals surface area contributed by atoms with E-state index in [-0.39, 0.29) is 0 Å². The van der Waals surface area contributed by atoms with Gasteiger partial charge in [0.1, 0.15) is 0 Å². The summed E-state index contributed by atoms with van der Waals surface area (Å²) < 4.78 is 5.55. The molecule has 2 atom stereocenters. The molecule has 0 aliphatic carbocycles. The Morgan fingerprint density at radius 2 is 2.35 bits per heavy atom. The van der Waals surface area contributed by atoms with Gasteiger partial charge in [-0.05, 0) is 38.6 Å². The standard InChI is InChI=1S/C15H24N4O/c1-2-10-20-14-5-7-16-15(18-14)17-12-6-9-19-8-3-4-13(19)11-12/h5,7,12-13H,2-4,6,8-11H2,1H3,(H,16,17,18). The fraction of sp³-hybridized carbons (Fsp3) is 0.733. The SMILES string of the molecule is CCCOc1ccnc(NC2CCN3CCCC3C2)n1. The van der Waals surface area contributed by atoms with Crippen molar-refractivity contribution in [3.8, 4) is 5.88 Å². The summed E-state index contributed by atoms with van der Waals surface area (Å²) in [6.45, 7) is 5.29. The van der Waals surface area contributed by atoms with Crippen LogP contribution in [0.15, 0.2) is 12.3 Å². The maximum absolute atomic E-state index is 5.55. The van der Waals surface area contributed by atoms with E-state index >= 15 is 0 Å². The van der Waals surface area contributed by atoms with Crippen LogP contribution in [-0.2, 0) is 0 Å². The van der Waals surface area contributed by atoms with E-state index in [1.165, 1.54) is 38.8 Å². The van der Waals surface area contributed by atoms with Crippen LogP contribution in [0.2, 0.25) is 0 Å². The van der Waals surface area contributed by atoms with Gasteiger partial charge >= 0.3 is 0 Å². The first-order chi connectivity index (χ1) is 9.85. The normalized spacial score (nSPS) is 26.2. The lowest BCUT2D eigenvalue weighted by molar-refractivity contribution is 0.187. The van der Waals surface area contributed by atoms with Crippen LogP contribution >= 0.6 is 0 Å². The largest absolute Gasteiger partial charge is 0.478 e. The van der Waals surface area contributed by atoms with Gasteiger partial charge in [-0.1, -0.05) is 6.92 Å². The highest BCUT2D eigenvalue weighted by Gasteiger charge is 2.31. The number of piperidine rings is 1. The molecule has 0 spiro atoms. The van der Waals surface area contributed by atoms with Gasteiger partial charge in [0.15, 0.2) is 0 Å². The maximum Gasteiger partial charge on any atom is 0.226 e. The minimum Gasteiger partial charge on any atom is -0.478 e. The summed E-state index contributed by atoms with van der Waals surface area (Å²) >= 11 is 0. The molecule has 1 aromatic rings. The molecule has 2 aliphatic rings. The molecule has 110 valence electrons. The van der Waals surface area contributed by atoms with Gasteiger partial charge in [0.2, 0.25) is 11.8 Å². The zero-order valence-electron chi connectivity index (χ0n) is 12.2. The molecule has 0 amide bonds. The van der Waals surface area contributed by atoms with Gasteiger partial charge < -0.3 is 15.0 Å². The van der Waals surface area contributed by atoms with Crippen LogP contribution in [-0.4, -0.2) is 46.6 Å². The molecule has 5 nitrogen and oxygen atoms in total. The Morgan fingerprint density at radius 3 is 3.25 bits per heavy atom. The Morgan fingerprint density at radius 1 is 1.40 bits per heavy atom. The molecule has 2 aliphatic heterocycles. The lowest BCUT2D eigenvalue weighted by Crippen LogP contribution is -2.43. The van der Waals surface area contributed by atoms with Crippen molar-refractivity contribution in [2.24, 2.45) is 0 Å². The third-order valence-corrected chi connectivity index (χ3v) is 4.24. The van der Waals surface area contributed by atoms with Gasteiger partial charge in [-0.25, -0.2) is 4.98 Å². The van der Waals surface area contributed by atoms with Crippen LogP contribution in [0.25, 0.3) is 0 Å². The molecule has 3 rings (SSSR count). The number of hydrogen-bond donors (Lipinski definition) is 1. The molecule has 2 fully saturated rings. The summed E-state index contributed by atoms with van der Waals surface area (Å²) in [5, 5.41) is 3.48. The predicted octanol–water partition coefficient (Wildman–Crippen LogP) is 2.30. The summed E-state index contributed by atoms with van der Waals surface area (Å²) in [7, 11) is 0. The lowest BCUT2D eigenvalue weighted by Gasteiger charge is -2.35. The number of rotatable bonds is 5. The molecule has 0 saturated carbocycles. The average Bonchev–Trinajstić information content (AvgIpc) is 2.93. The smallest absolute Gasteiger partial charge is 0.226 e. The van der Waals surface area contributed by atoms with Gasteiger partial charge in [0.05, 0.1) is 6.61 Å². The van der Waals surface area contributed by atoms with Crippen molar-refractivity contribution in [2.75, 3.05) is 25.0 Å². The second kappa shape index (κ2) is 6.39. The minimum atomic E-state index is 0.496. The minimum absolute atomic E-state index is 0.496. The van der Waals surface area contributed by atoms with Gasteiger partial charge in [-0.3, -0.25) is 0 Å². The second-order valence-electron chi connectivity index (χ2n) is 5.76. The maximum atomic E-state index is 5.55. The Balaban J connectivity index is 1.57. The molecule has 0 bridgehead atoms. The van der Waals surface area contributed by atoms with E-state index in [2.05, 4.69) is 27.1 Å². The molecule has 1 N–H and O–H groups in total. The highest BCUT2D eigenvalue weighted by atomic mass is 16.5. The summed E-state index contributed by atoms with van der Waals surface area (Å²) in [4.78, 5) is 11.4. The zero-order chi connectivity index (χ0) is 13.8. The molecular formula is C15H24N4O. The third-order valence-electron chi connectivity index (χ3n) is 4.24. The summed E-state index contributed by atoms with van der Waals surface area (Å²) in [5.74, 6) is 1.37. The highest BCUT2D eigenvalue weighted by molar-refractivity contribution is 5.29. The van der Waals surface area contributed by atoms with E-state index in [0.29, 0.717) is 24.5 Å². The molecule has 3 heterocycles. The molecule has 5 heteroatoms. The van der Waals surface area contributed by atoms with E-state index in [4.69, 9.17) is 4.74 Å². The van der Waals surface area contributed by atoms with Crippen LogP contribution < -0.4 is 10.1 Å². The molecule has 1 aromatic heterocycles. The van der Waals surface area contributed by atoms with Crippen LogP contribution in [0.1, 0.15) is 39.0 Å². The zero-order valence-corrected chi connectivity index (χ0v) is 12.2. The van der Waals surface area contributed by atoms with Crippen molar-refractivity contribution >= 4 is 5.95 Å². The Kier molecular flexibility index (Phi) is 4.35. The number of anilines is 1. The van der Waals surface area contributed by atoms with E-state index < -0.39 is 0 Å². The Bertz CT molecular complexity index is 440. The first-order valence-electron chi connectivity index (χ1n) is 7.81. The first kappa shape index (κ1) is 13.6. The fourth-order valence-electron chi connectivity index (χ4n) is 3.24. The molecule has 0 aromatic carbocycles. The van der Waals surface area contributed by atoms with Crippen LogP contribution in [0.5, 0.6) is 5.88 Å². The van der Waals surface area contributed by atoms with Crippen molar-refractivity contribution in [3.05, 3.63) is 12.3 Å².